The Morgan fingerprint density at radius 3 is 2.67 bits per heavy atom. The lowest BCUT2D eigenvalue weighted by Crippen LogP contribution is -2.34. The smallest absolute Gasteiger partial charge is 0.151 e. The van der Waals surface area contributed by atoms with Crippen LogP contribution in [0.25, 0.3) is 0 Å². The molecule has 1 aromatic rings. The summed E-state index contributed by atoms with van der Waals surface area (Å²) in [5, 5.41) is 7.32. The minimum Gasteiger partial charge on any atom is -0.321 e. The van der Waals surface area contributed by atoms with Crippen molar-refractivity contribution in [2.45, 2.75) is 33.2 Å². The van der Waals surface area contributed by atoms with E-state index >= 15 is 0 Å². The van der Waals surface area contributed by atoms with Crippen LogP contribution in [0.5, 0.6) is 0 Å². The average molecular weight is 205 g/mol. The van der Waals surface area contributed by atoms with Gasteiger partial charge in [0.2, 0.25) is 0 Å². The second-order valence-corrected chi connectivity index (χ2v) is 4.18. The number of aromatic nitrogens is 2. The molecular formula is C12H19N3. The average Bonchev–Trinajstić information content (AvgIpc) is 2.65. The van der Waals surface area contributed by atoms with Crippen LogP contribution in [0.4, 0.5) is 0 Å². The van der Waals surface area contributed by atoms with Crippen molar-refractivity contribution in [1.29, 1.82) is 5.41 Å². The third kappa shape index (κ3) is 2.01. The van der Waals surface area contributed by atoms with Gasteiger partial charge in [-0.3, -0.25) is 0 Å². The number of imidazole rings is 1. The van der Waals surface area contributed by atoms with Gasteiger partial charge in [-0.25, -0.2) is 4.98 Å². The zero-order chi connectivity index (χ0) is 11.5. The van der Waals surface area contributed by atoms with E-state index in [-0.39, 0.29) is 5.54 Å². The van der Waals surface area contributed by atoms with Crippen molar-refractivity contribution in [3.8, 4) is 0 Å². The van der Waals surface area contributed by atoms with Crippen molar-refractivity contribution in [3.05, 3.63) is 30.4 Å². The summed E-state index contributed by atoms with van der Waals surface area (Å²) in [5.74, 6) is 1.14. The Kier molecular flexibility index (Phi) is 3.45. The maximum absolute atomic E-state index is 7.32. The van der Waals surface area contributed by atoms with Crippen LogP contribution in [-0.2, 0) is 5.54 Å². The van der Waals surface area contributed by atoms with E-state index in [0.717, 1.165) is 0 Å². The highest BCUT2D eigenvalue weighted by molar-refractivity contribution is 5.71. The van der Waals surface area contributed by atoms with Crippen LogP contribution in [0, 0.1) is 11.3 Å². The Morgan fingerprint density at radius 2 is 2.20 bits per heavy atom. The Labute approximate surface area is 91.4 Å². The van der Waals surface area contributed by atoms with Crippen molar-refractivity contribution in [1.82, 2.24) is 9.55 Å². The van der Waals surface area contributed by atoms with E-state index in [0.29, 0.717) is 11.7 Å². The first-order chi connectivity index (χ1) is 7.06. The standard InChI is InChI=1S/C12H19N3/c1-5-6-12(4,10(2)3)15-8-7-14-11(15)9-13/h5-10,13H,1-4H3/b6-5-,13-9?/t12-/m0/s1. The molecule has 0 aliphatic rings. The van der Waals surface area contributed by atoms with Gasteiger partial charge in [-0.2, -0.15) is 0 Å². The summed E-state index contributed by atoms with van der Waals surface area (Å²) in [4.78, 5) is 4.15. The molecular weight excluding hydrogens is 186 g/mol. The first-order valence-corrected chi connectivity index (χ1v) is 5.24. The van der Waals surface area contributed by atoms with Crippen LogP contribution >= 0.6 is 0 Å². The SMILES string of the molecule is C/C=C\[C@@](C)(C(C)C)n1ccnc1C=N. The van der Waals surface area contributed by atoms with Crippen molar-refractivity contribution in [2.24, 2.45) is 5.92 Å². The second kappa shape index (κ2) is 4.43. The first-order valence-electron chi connectivity index (χ1n) is 5.24. The van der Waals surface area contributed by atoms with Crippen LogP contribution in [0.1, 0.15) is 33.5 Å². The Morgan fingerprint density at radius 1 is 1.53 bits per heavy atom. The van der Waals surface area contributed by atoms with Crippen molar-refractivity contribution >= 4 is 6.21 Å². The van der Waals surface area contributed by atoms with E-state index in [1.165, 1.54) is 6.21 Å². The fraction of sp³-hybridized carbons (Fsp3) is 0.500. The predicted octanol–water partition coefficient (Wildman–Crippen LogP) is 2.83. The van der Waals surface area contributed by atoms with E-state index in [2.05, 4.69) is 31.8 Å². The van der Waals surface area contributed by atoms with Crippen LogP contribution in [-0.4, -0.2) is 15.8 Å². The van der Waals surface area contributed by atoms with Gasteiger partial charge in [0.05, 0.1) is 11.8 Å². The molecule has 0 aliphatic carbocycles. The summed E-state index contributed by atoms with van der Waals surface area (Å²) in [7, 11) is 0. The van der Waals surface area contributed by atoms with Gasteiger partial charge in [-0.05, 0) is 19.8 Å². The molecule has 0 aliphatic heterocycles. The molecule has 0 amide bonds. The van der Waals surface area contributed by atoms with E-state index in [1.54, 1.807) is 6.20 Å². The molecule has 0 fully saturated rings. The fourth-order valence-electron chi connectivity index (χ4n) is 1.72. The summed E-state index contributed by atoms with van der Waals surface area (Å²) in [6, 6.07) is 0. The Bertz CT molecular complexity index is 363. The van der Waals surface area contributed by atoms with E-state index in [1.807, 2.05) is 23.8 Å². The second-order valence-electron chi connectivity index (χ2n) is 4.18. The summed E-state index contributed by atoms with van der Waals surface area (Å²) >= 11 is 0. The zero-order valence-corrected chi connectivity index (χ0v) is 9.86. The molecule has 1 atom stereocenters. The highest BCUT2D eigenvalue weighted by atomic mass is 15.1. The third-order valence-electron chi connectivity index (χ3n) is 2.99. The molecule has 1 aromatic heterocycles. The lowest BCUT2D eigenvalue weighted by molar-refractivity contribution is 0.292. The van der Waals surface area contributed by atoms with Gasteiger partial charge in [-0.15, -0.1) is 0 Å². The monoisotopic (exact) mass is 205 g/mol. The number of nitrogens with one attached hydrogen (secondary N) is 1. The summed E-state index contributed by atoms with van der Waals surface area (Å²) in [6.07, 6.45) is 9.18. The van der Waals surface area contributed by atoms with E-state index < -0.39 is 0 Å². The van der Waals surface area contributed by atoms with Gasteiger partial charge in [0.15, 0.2) is 5.82 Å². The van der Waals surface area contributed by atoms with Crippen molar-refractivity contribution in [3.63, 3.8) is 0 Å². The summed E-state index contributed by atoms with van der Waals surface area (Å²) in [6.45, 7) is 8.52. The molecule has 3 heteroatoms. The number of allylic oxidation sites excluding steroid dienone is 2. The highest BCUT2D eigenvalue weighted by Crippen LogP contribution is 2.28. The van der Waals surface area contributed by atoms with Crippen LogP contribution in [0.2, 0.25) is 0 Å². The van der Waals surface area contributed by atoms with Crippen molar-refractivity contribution < 1.29 is 0 Å². The molecule has 0 spiro atoms. The largest absolute Gasteiger partial charge is 0.321 e. The number of nitrogens with zero attached hydrogens (tertiary/aromatic N) is 2. The highest BCUT2D eigenvalue weighted by Gasteiger charge is 2.28. The predicted molar refractivity (Wildman–Crippen MR) is 63.4 cm³/mol. The molecule has 0 bridgehead atoms. The van der Waals surface area contributed by atoms with Crippen LogP contribution < -0.4 is 0 Å². The van der Waals surface area contributed by atoms with Gasteiger partial charge in [0.1, 0.15) is 0 Å². The van der Waals surface area contributed by atoms with E-state index in [4.69, 9.17) is 5.41 Å². The van der Waals surface area contributed by atoms with Gasteiger partial charge in [-0.1, -0.05) is 26.0 Å². The van der Waals surface area contributed by atoms with Gasteiger partial charge < -0.3 is 9.98 Å². The van der Waals surface area contributed by atoms with Gasteiger partial charge in [0, 0.05) is 12.4 Å². The first kappa shape index (κ1) is 11.7. The lowest BCUT2D eigenvalue weighted by atomic mass is 9.87. The zero-order valence-electron chi connectivity index (χ0n) is 9.86. The lowest BCUT2D eigenvalue weighted by Gasteiger charge is -2.33. The quantitative estimate of drug-likeness (QED) is 0.596. The molecule has 1 rings (SSSR count). The Hall–Kier alpha value is -1.38. The molecule has 15 heavy (non-hydrogen) atoms. The minimum absolute atomic E-state index is 0.113. The van der Waals surface area contributed by atoms with E-state index in [9.17, 15) is 0 Å². The van der Waals surface area contributed by atoms with Gasteiger partial charge in [0.25, 0.3) is 0 Å². The maximum Gasteiger partial charge on any atom is 0.151 e. The Balaban J connectivity index is 3.26. The normalized spacial score (nSPS) is 15.8. The molecule has 0 aromatic carbocycles. The molecule has 82 valence electrons. The van der Waals surface area contributed by atoms with Crippen molar-refractivity contribution in [2.75, 3.05) is 0 Å². The van der Waals surface area contributed by atoms with Gasteiger partial charge >= 0.3 is 0 Å². The molecule has 0 unspecified atom stereocenters. The number of hydrogen-bond acceptors (Lipinski definition) is 2. The molecule has 1 heterocycles. The molecule has 0 saturated heterocycles. The maximum atomic E-state index is 7.32. The summed E-state index contributed by atoms with van der Waals surface area (Å²) < 4.78 is 2.05. The summed E-state index contributed by atoms with van der Waals surface area (Å²) in [5.41, 5.74) is -0.113. The molecule has 0 saturated carbocycles. The fourth-order valence-corrected chi connectivity index (χ4v) is 1.72. The molecule has 3 nitrogen and oxygen atoms in total. The topological polar surface area (TPSA) is 41.7 Å². The molecule has 1 N–H and O–H groups in total. The van der Waals surface area contributed by atoms with Crippen LogP contribution in [0.15, 0.2) is 24.5 Å². The molecule has 0 radical (unpaired) electrons. The third-order valence-corrected chi connectivity index (χ3v) is 2.99. The van der Waals surface area contributed by atoms with Crippen LogP contribution in [0.3, 0.4) is 0 Å². The number of hydrogen-bond donors (Lipinski definition) is 1. The minimum atomic E-state index is -0.113. The number of rotatable bonds is 4.